The van der Waals surface area contributed by atoms with Gasteiger partial charge in [0.2, 0.25) is 5.60 Å². The second-order valence-electron chi connectivity index (χ2n) is 6.95. The van der Waals surface area contributed by atoms with Gasteiger partial charge in [-0.3, -0.25) is 14.2 Å². The standard InChI is InChI=1S/C17H21BrFN3O8/c1-7(23)28-12-11(18)10(6-27-15(25)17(3,4)30-8(2)24)29-14(12)22-5-9(19)13(20)21-16(22)26/h5,10-12,14H,6H2,1-4H3,(H2,20,21,26)/t10?,11-,12+,14?/m0/s1. The maximum absolute atomic E-state index is 13.9. The fourth-order valence-electron chi connectivity index (χ4n) is 2.74. The van der Waals surface area contributed by atoms with Crippen molar-refractivity contribution in [2.75, 3.05) is 12.3 Å². The van der Waals surface area contributed by atoms with E-state index in [1.165, 1.54) is 13.8 Å². The van der Waals surface area contributed by atoms with Gasteiger partial charge in [0.05, 0.1) is 11.0 Å². The monoisotopic (exact) mass is 493 g/mol. The molecule has 0 amide bonds. The van der Waals surface area contributed by atoms with E-state index in [4.69, 9.17) is 24.7 Å². The van der Waals surface area contributed by atoms with E-state index in [9.17, 15) is 23.6 Å². The third kappa shape index (κ3) is 5.33. The SMILES string of the molecule is CC(=O)O[C@H]1C(n2cc(F)c(N)nc2=O)OC(COC(=O)C(C)(C)OC(C)=O)[C@@H]1Br. The number of hydrogen-bond acceptors (Lipinski definition) is 10. The average molecular weight is 494 g/mol. The van der Waals surface area contributed by atoms with Crippen LogP contribution in [0.4, 0.5) is 10.2 Å². The maximum Gasteiger partial charge on any atom is 0.351 e. The number of carbonyl (C=O) groups is 3. The van der Waals surface area contributed by atoms with Crippen molar-refractivity contribution in [1.29, 1.82) is 0 Å². The first kappa shape index (κ1) is 23.7. The van der Waals surface area contributed by atoms with Gasteiger partial charge in [0.25, 0.3) is 0 Å². The summed E-state index contributed by atoms with van der Waals surface area (Å²) in [7, 11) is 0. The second kappa shape index (κ2) is 9.08. The zero-order valence-corrected chi connectivity index (χ0v) is 18.2. The summed E-state index contributed by atoms with van der Waals surface area (Å²) >= 11 is 3.30. The summed E-state index contributed by atoms with van der Waals surface area (Å²) in [5, 5.41) is 0. The molecule has 0 bridgehead atoms. The molecule has 0 aliphatic carbocycles. The molecule has 11 nitrogen and oxygen atoms in total. The molecule has 0 radical (unpaired) electrons. The number of hydrogen-bond donors (Lipinski definition) is 1. The van der Waals surface area contributed by atoms with Crippen LogP contribution in [0, 0.1) is 5.82 Å². The lowest BCUT2D eigenvalue weighted by atomic mass is 10.1. The topological polar surface area (TPSA) is 149 Å². The van der Waals surface area contributed by atoms with Gasteiger partial charge >= 0.3 is 23.6 Å². The van der Waals surface area contributed by atoms with E-state index >= 15 is 0 Å². The van der Waals surface area contributed by atoms with Gasteiger partial charge in [-0.05, 0) is 13.8 Å². The Morgan fingerprint density at radius 1 is 1.33 bits per heavy atom. The Kier molecular flexibility index (Phi) is 7.18. The first-order valence-corrected chi connectivity index (χ1v) is 9.62. The van der Waals surface area contributed by atoms with Gasteiger partial charge in [-0.1, -0.05) is 15.9 Å². The number of aromatic nitrogens is 2. The summed E-state index contributed by atoms with van der Waals surface area (Å²) in [4.78, 5) is 49.6. The molecule has 2 heterocycles. The smallest absolute Gasteiger partial charge is 0.351 e. The van der Waals surface area contributed by atoms with Gasteiger partial charge in [-0.15, -0.1) is 0 Å². The largest absolute Gasteiger partial charge is 0.460 e. The van der Waals surface area contributed by atoms with Crippen molar-refractivity contribution in [3.05, 3.63) is 22.5 Å². The van der Waals surface area contributed by atoms with Crippen LogP contribution in [0.5, 0.6) is 0 Å². The second-order valence-corrected chi connectivity index (χ2v) is 8.01. The number of ether oxygens (including phenoxy) is 4. The lowest BCUT2D eigenvalue weighted by Gasteiger charge is -2.23. The van der Waals surface area contributed by atoms with Crippen LogP contribution in [-0.4, -0.2) is 56.7 Å². The van der Waals surface area contributed by atoms with Gasteiger partial charge in [-0.2, -0.15) is 4.98 Å². The number of carbonyl (C=O) groups excluding carboxylic acids is 3. The summed E-state index contributed by atoms with van der Waals surface area (Å²) in [6, 6.07) is 0. The van der Waals surface area contributed by atoms with Crippen molar-refractivity contribution in [2.24, 2.45) is 0 Å². The molecule has 1 aromatic rings. The zero-order valence-electron chi connectivity index (χ0n) is 16.6. The van der Waals surface area contributed by atoms with E-state index in [1.807, 2.05) is 0 Å². The molecule has 0 saturated carbocycles. The lowest BCUT2D eigenvalue weighted by molar-refractivity contribution is -0.180. The molecule has 1 aliphatic heterocycles. The third-order valence-electron chi connectivity index (χ3n) is 4.04. The molecule has 4 atom stereocenters. The minimum Gasteiger partial charge on any atom is -0.460 e. The van der Waals surface area contributed by atoms with E-state index < -0.39 is 64.1 Å². The Morgan fingerprint density at radius 2 is 1.97 bits per heavy atom. The number of rotatable bonds is 6. The molecule has 30 heavy (non-hydrogen) atoms. The van der Waals surface area contributed by atoms with Crippen molar-refractivity contribution < 1.29 is 37.7 Å². The van der Waals surface area contributed by atoms with Crippen molar-refractivity contribution in [1.82, 2.24) is 9.55 Å². The number of nitrogens with two attached hydrogens (primary N) is 1. The van der Waals surface area contributed by atoms with Gasteiger partial charge in [-0.25, -0.2) is 14.0 Å². The van der Waals surface area contributed by atoms with E-state index in [0.29, 0.717) is 0 Å². The van der Waals surface area contributed by atoms with Crippen LogP contribution in [0.1, 0.15) is 33.9 Å². The number of alkyl halides is 1. The maximum atomic E-state index is 13.9. The molecule has 0 spiro atoms. The number of halogens is 2. The highest BCUT2D eigenvalue weighted by Crippen LogP contribution is 2.36. The van der Waals surface area contributed by atoms with Crippen molar-refractivity contribution in [2.45, 2.75) is 56.6 Å². The molecule has 1 aliphatic rings. The molecule has 2 unspecified atom stereocenters. The molecule has 1 saturated heterocycles. The van der Waals surface area contributed by atoms with Crippen LogP contribution < -0.4 is 11.4 Å². The molecule has 1 aromatic heterocycles. The minimum absolute atomic E-state index is 0.340. The summed E-state index contributed by atoms with van der Waals surface area (Å²) in [6.07, 6.45) is -2.46. The van der Waals surface area contributed by atoms with Crippen LogP contribution in [0.2, 0.25) is 0 Å². The third-order valence-corrected chi connectivity index (χ3v) is 5.15. The highest BCUT2D eigenvalue weighted by atomic mass is 79.9. The Hall–Kier alpha value is -2.54. The van der Waals surface area contributed by atoms with Gasteiger partial charge in [0.15, 0.2) is 24.0 Å². The Morgan fingerprint density at radius 3 is 2.53 bits per heavy atom. The highest BCUT2D eigenvalue weighted by molar-refractivity contribution is 9.09. The first-order chi connectivity index (χ1) is 13.8. The fourth-order valence-corrected chi connectivity index (χ4v) is 3.39. The van der Waals surface area contributed by atoms with Crippen LogP contribution in [-0.2, 0) is 33.3 Å². The Balaban J connectivity index is 2.22. The van der Waals surface area contributed by atoms with E-state index in [1.54, 1.807) is 0 Å². The molecule has 2 rings (SSSR count). The zero-order chi connectivity index (χ0) is 22.8. The summed E-state index contributed by atoms with van der Waals surface area (Å²) in [6.45, 7) is 4.66. The van der Waals surface area contributed by atoms with Crippen LogP contribution >= 0.6 is 15.9 Å². The highest BCUT2D eigenvalue weighted by Gasteiger charge is 2.48. The Bertz CT molecular complexity index is 905. The van der Waals surface area contributed by atoms with Crippen molar-refractivity contribution >= 4 is 39.7 Å². The number of nitrogen functional groups attached to an aromatic ring is 1. The molecule has 2 N–H and O–H groups in total. The van der Waals surface area contributed by atoms with E-state index in [2.05, 4.69) is 20.9 Å². The molecule has 1 fully saturated rings. The molecule has 13 heteroatoms. The number of anilines is 1. The van der Waals surface area contributed by atoms with Gasteiger partial charge in [0.1, 0.15) is 12.7 Å². The van der Waals surface area contributed by atoms with E-state index in [-0.39, 0.29) is 6.61 Å². The van der Waals surface area contributed by atoms with Crippen molar-refractivity contribution in [3.8, 4) is 0 Å². The van der Waals surface area contributed by atoms with Crippen molar-refractivity contribution in [3.63, 3.8) is 0 Å². The van der Waals surface area contributed by atoms with Crippen LogP contribution in [0.3, 0.4) is 0 Å². The van der Waals surface area contributed by atoms with Crippen LogP contribution in [0.25, 0.3) is 0 Å². The average Bonchev–Trinajstić information content (AvgIpc) is 2.90. The van der Waals surface area contributed by atoms with Crippen LogP contribution in [0.15, 0.2) is 11.0 Å². The quantitative estimate of drug-likeness (QED) is 0.336. The summed E-state index contributed by atoms with van der Waals surface area (Å²) in [5.41, 5.74) is 2.82. The number of nitrogens with zero attached hydrogens (tertiary/aromatic N) is 2. The molecular formula is C17H21BrFN3O8. The molecular weight excluding hydrogens is 473 g/mol. The normalized spacial score (nSPS) is 23.7. The van der Waals surface area contributed by atoms with Gasteiger partial charge < -0.3 is 24.7 Å². The minimum atomic E-state index is -1.54. The molecule has 0 aromatic carbocycles. The predicted octanol–water partition coefficient (Wildman–Crippen LogP) is 0.442. The fraction of sp³-hybridized carbons (Fsp3) is 0.588. The first-order valence-electron chi connectivity index (χ1n) is 8.71. The molecule has 166 valence electrons. The summed E-state index contributed by atoms with van der Waals surface area (Å²) in [5.74, 6) is -3.75. The number of esters is 3. The summed E-state index contributed by atoms with van der Waals surface area (Å²) < 4.78 is 35.6. The van der Waals surface area contributed by atoms with E-state index in [0.717, 1.165) is 24.6 Å². The lowest BCUT2D eigenvalue weighted by Crippen LogP contribution is -2.40. The predicted molar refractivity (Wildman–Crippen MR) is 102 cm³/mol. The Labute approximate surface area is 178 Å². The van der Waals surface area contributed by atoms with Gasteiger partial charge in [0, 0.05) is 13.8 Å².